The second kappa shape index (κ2) is 8.82. The Morgan fingerprint density at radius 3 is 2.03 bits per heavy atom. The highest BCUT2D eigenvalue weighted by Gasteiger charge is 2.31. The largest absolute Gasteiger partial charge is 0.573 e. The average Bonchev–Trinajstić information content (AvgIpc) is 3.30. The zero-order valence-electron chi connectivity index (χ0n) is 16.6. The number of benzene rings is 2. The summed E-state index contributed by atoms with van der Waals surface area (Å²) < 4.78 is 75.1. The van der Waals surface area contributed by atoms with Crippen LogP contribution in [0.25, 0.3) is 5.82 Å². The summed E-state index contributed by atoms with van der Waals surface area (Å²) in [5.74, 6) is 0.748. The second-order valence-corrected chi connectivity index (χ2v) is 8.25. The number of sulfonamides is 1. The first kappa shape index (κ1) is 22.1. The molecule has 0 aliphatic heterocycles. The van der Waals surface area contributed by atoms with Gasteiger partial charge in [0.15, 0.2) is 5.82 Å². The molecule has 0 saturated heterocycles. The van der Waals surface area contributed by atoms with Crippen molar-refractivity contribution in [1.29, 1.82) is 0 Å². The summed E-state index contributed by atoms with van der Waals surface area (Å²) in [4.78, 5) is -0.226. The molecule has 12 heteroatoms. The molecule has 0 aliphatic carbocycles. The molecular formula is C21H15F3N4O4S. The van der Waals surface area contributed by atoms with Crippen LogP contribution in [0.2, 0.25) is 0 Å². The lowest BCUT2D eigenvalue weighted by Crippen LogP contribution is -2.17. The van der Waals surface area contributed by atoms with Crippen LogP contribution in [-0.4, -0.2) is 29.5 Å². The molecule has 0 saturated carbocycles. The van der Waals surface area contributed by atoms with E-state index in [0.29, 0.717) is 11.6 Å². The van der Waals surface area contributed by atoms with Gasteiger partial charge in [-0.25, -0.2) is 8.42 Å². The lowest BCUT2D eigenvalue weighted by atomic mass is 10.3. The maximum atomic E-state index is 12.5. The van der Waals surface area contributed by atoms with Crippen LogP contribution >= 0.6 is 0 Å². The molecule has 0 spiro atoms. The minimum atomic E-state index is -4.86. The maximum Gasteiger partial charge on any atom is 0.573 e. The van der Waals surface area contributed by atoms with Crippen LogP contribution in [0.3, 0.4) is 0 Å². The molecule has 8 nitrogen and oxygen atoms in total. The minimum Gasteiger partial charge on any atom is -0.438 e. The van der Waals surface area contributed by atoms with E-state index in [2.05, 4.69) is 19.7 Å². The van der Waals surface area contributed by atoms with Crippen molar-refractivity contribution in [2.24, 2.45) is 0 Å². The smallest absolute Gasteiger partial charge is 0.438 e. The van der Waals surface area contributed by atoms with Crippen molar-refractivity contribution in [3.8, 4) is 23.2 Å². The third-order valence-corrected chi connectivity index (χ3v) is 5.59. The first-order chi connectivity index (χ1) is 15.7. The van der Waals surface area contributed by atoms with Crippen LogP contribution in [0.15, 0.2) is 90.1 Å². The fourth-order valence-corrected chi connectivity index (χ4v) is 3.80. The number of rotatable bonds is 7. The molecule has 4 aromatic rings. The summed E-state index contributed by atoms with van der Waals surface area (Å²) in [6.07, 6.45) is -1.21. The van der Waals surface area contributed by atoms with Crippen LogP contribution in [0.4, 0.5) is 18.9 Å². The van der Waals surface area contributed by atoms with Crippen molar-refractivity contribution in [1.82, 2.24) is 14.8 Å². The van der Waals surface area contributed by atoms with Crippen molar-refractivity contribution in [2.75, 3.05) is 4.72 Å². The summed E-state index contributed by atoms with van der Waals surface area (Å²) in [5, 5.41) is 8.06. The molecule has 2 aromatic carbocycles. The molecule has 4 rings (SSSR count). The van der Waals surface area contributed by atoms with Gasteiger partial charge in [-0.1, -0.05) is 0 Å². The Morgan fingerprint density at radius 1 is 0.818 bits per heavy atom. The summed E-state index contributed by atoms with van der Waals surface area (Å²) >= 11 is 0. The Labute approximate surface area is 186 Å². The first-order valence-electron chi connectivity index (χ1n) is 9.32. The van der Waals surface area contributed by atoms with Crippen molar-refractivity contribution in [2.45, 2.75) is 11.3 Å². The Balaban J connectivity index is 1.39. The van der Waals surface area contributed by atoms with E-state index >= 15 is 0 Å². The SMILES string of the molecule is O=S(=O)(Nc1ccc(Oc2ccc(-n3cccc3)nn2)cc1)c1ccc(OC(F)(F)F)cc1. The molecule has 2 heterocycles. The van der Waals surface area contributed by atoms with E-state index in [9.17, 15) is 21.6 Å². The third kappa shape index (κ3) is 5.80. The number of anilines is 1. The summed E-state index contributed by atoms with van der Waals surface area (Å²) in [6, 6.07) is 16.9. The van der Waals surface area contributed by atoms with Crippen molar-refractivity contribution in [3.63, 3.8) is 0 Å². The second-order valence-electron chi connectivity index (χ2n) is 6.57. The topological polar surface area (TPSA) is 95.3 Å². The molecule has 2 aromatic heterocycles. The van der Waals surface area contributed by atoms with E-state index in [1.807, 2.05) is 24.5 Å². The van der Waals surface area contributed by atoms with Crippen LogP contribution in [0, 0.1) is 0 Å². The van der Waals surface area contributed by atoms with Gasteiger partial charge in [0.2, 0.25) is 5.88 Å². The van der Waals surface area contributed by atoms with Crippen LogP contribution in [0.1, 0.15) is 0 Å². The molecule has 0 bridgehead atoms. The molecule has 0 amide bonds. The zero-order chi connectivity index (χ0) is 23.5. The van der Waals surface area contributed by atoms with Crippen LogP contribution in [-0.2, 0) is 10.0 Å². The highest BCUT2D eigenvalue weighted by Crippen LogP contribution is 2.26. The number of hydrogen-bond donors (Lipinski definition) is 1. The van der Waals surface area contributed by atoms with Gasteiger partial charge in [-0.2, -0.15) is 0 Å². The van der Waals surface area contributed by atoms with E-state index in [1.165, 1.54) is 24.3 Å². The van der Waals surface area contributed by atoms with Gasteiger partial charge in [0.1, 0.15) is 11.5 Å². The van der Waals surface area contributed by atoms with E-state index in [-0.39, 0.29) is 16.5 Å². The van der Waals surface area contributed by atoms with E-state index < -0.39 is 22.1 Å². The lowest BCUT2D eigenvalue weighted by molar-refractivity contribution is -0.274. The van der Waals surface area contributed by atoms with Gasteiger partial charge in [-0.3, -0.25) is 4.72 Å². The van der Waals surface area contributed by atoms with E-state index in [4.69, 9.17) is 4.74 Å². The number of nitrogens with one attached hydrogen (secondary N) is 1. The lowest BCUT2D eigenvalue weighted by Gasteiger charge is -2.11. The Kier molecular flexibility index (Phi) is 5.92. The molecule has 1 N–H and O–H groups in total. The van der Waals surface area contributed by atoms with Gasteiger partial charge in [0, 0.05) is 24.1 Å². The zero-order valence-corrected chi connectivity index (χ0v) is 17.4. The maximum absolute atomic E-state index is 12.5. The fraction of sp³-hybridized carbons (Fsp3) is 0.0476. The summed E-state index contributed by atoms with van der Waals surface area (Å²) in [6.45, 7) is 0. The molecule has 0 aliphatic rings. The quantitative estimate of drug-likeness (QED) is 0.413. The number of ether oxygens (including phenoxy) is 2. The van der Waals surface area contributed by atoms with Gasteiger partial charge in [-0.15, -0.1) is 23.4 Å². The average molecular weight is 476 g/mol. The van der Waals surface area contributed by atoms with Crippen molar-refractivity contribution in [3.05, 3.63) is 85.2 Å². The molecule has 0 radical (unpaired) electrons. The van der Waals surface area contributed by atoms with E-state index in [0.717, 1.165) is 24.3 Å². The molecule has 0 unspecified atom stereocenters. The first-order valence-corrected chi connectivity index (χ1v) is 10.8. The third-order valence-electron chi connectivity index (χ3n) is 4.19. The van der Waals surface area contributed by atoms with E-state index in [1.54, 1.807) is 16.7 Å². The summed E-state index contributed by atoms with van der Waals surface area (Å²) in [7, 11) is -4.02. The highest BCUT2D eigenvalue weighted by atomic mass is 32.2. The minimum absolute atomic E-state index is 0.226. The molecule has 0 fully saturated rings. The number of nitrogens with zero attached hydrogens (tertiary/aromatic N) is 3. The monoisotopic (exact) mass is 476 g/mol. The highest BCUT2D eigenvalue weighted by molar-refractivity contribution is 7.92. The molecule has 170 valence electrons. The number of halogens is 3. The number of hydrogen-bond acceptors (Lipinski definition) is 6. The Bertz CT molecular complexity index is 1310. The predicted molar refractivity (Wildman–Crippen MR) is 112 cm³/mol. The molecule has 33 heavy (non-hydrogen) atoms. The predicted octanol–water partition coefficient (Wildman–Crippen LogP) is 4.76. The summed E-state index contributed by atoms with van der Waals surface area (Å²) in [5.41, 5.74) is 0.229. The van der Waals surface area contributed by atoms with Gasteiger partial charge in [-0.05, 0) is 66.7 Å². The Morgan fingerprint density at radius 2 is 1.45 bits per heavy atom. The Hall–Kier alpha value is -4.06. The normalized spacial score (nSPS) is 11.7. The van der Waals surface area contributed by atoms with Crippen molar-refractivity contribution < 1.29 is 31.1 Å². The fourth-order valence-electron chi connectivity index (χ4n) is 2.74. The molecular weight excluding hydrogens is 461 g/mol. The van der Waals surface area contributed by atoms with Crippen LogP contribution in [0.5, 0.6) is 17.4 Å². The van der Waals surface area contributed by atoms with Gasteiger partial charge >= 0.3 is 6.36 Å². The molecule has 0 atom stereocenters. The van der Waals surface area contributed by atoms with Gasteiger partial charge < -0.3 is 14.0 Å². The van der Waals surface area contributed by atoms with Crippen molar-refractivity contribution >= 4 is 15.7 Å². The van der Waals surface area contributed by atoms with Gasteiger partial charge in [0.05, 0.1) is 4.90 Å². The van der Waals surface area contributed by atoms with Gasteiger partial charge in [0.25, 0.3) is 10.0 Å². The standard InChI is InChI=1S/C21H15F3N4O4S/c22-21(23,24)32-17-7-9-18(10-8-17)33(29,30)27-15-3-5-16(6-4-15)31-20-12-11-19(25-26-20)28-13-1-2-14-28/h1-14,27H. The number of aromatic nitrogens is 3. The van der Waals surface area contributed by atoms with Crippen LogP contribution < -0.4 is 14.2 Å². The number of alkyl halides is 3.